The van der Waals surface area contributed by atoms with Crippen molar-refractivity contribution in [1.82, 2.24) is 0 Å². The van der Waals surface area contributed by atoms with Gasteiger partial charge in [0.2, 0.25) is 5.75 Å². The molecule has 122 valence electrons. The zero-order valence-electron chi connectivity index (χ0n) is 13.1. The Kier molecular flexibility index (Phi) is 7.15. The van der Waals surface area contributed by atoms with Crippen LogP contribution in [0, 0.1) is 10.1 Å². The molecule has 7 heteroatoms. The number of nitro benzene ring substituents is 1. The lowest BCUT2D eigenvalue weighted by atomic mass is 10.1. The number of hydrogen-bond acceptors (Lipinski definition) is 6. The van der Waals surface area contributed by atoms with E-state index in [0.29, 0.717) is 19.6 Å². The number of hydrogen-bond donors (Lipinski definition) is 0. The van der Waals surface area contributed by atoms with E-state index in [1.807, 2.05) is 13.8 Å². The largest absolute Gasteiger partial charge is 0.493 e. The van der Waals surface area contributed by atoms with Crippen LogP contribution in [0.2, 0.25) is 0 Å². The molecule has 1 aromatic rings. The topological polar surface area (TPSA) is 87.9 Å². The molecule has 22 heavy (non-hydrogen) atoms. The number of ether oxygens (including phenoxy) is 3. The smallest absolute Gasteiger partial charge is 0.342 e. The maximum atomic E-state index is 12.0. The van der Waals surface area contributed by atoms with Gasteiger partial charge in [-0.1, -0.05) is 13.8 Å². The van der Waals surface area contributed by atoms with E-state index in [1.165, 1.54) is 6.07 Å². The van der Waals surface area contributed by atoms with E-state index in [2.05, 4.69) is 0 Å². The minimum absolute atomic E-state index is 0.0332. The van der Waals surface area contributed by atoms with Crippen molar-refractivity contribution in [3.63, 3.8) is 0 Å². The molecule has 0 saturated carbocycles. The van der Waals surface area contributed by atoms with Gasteiger partial charge in [-0.25, -0.2) is 4.79 Å². The van der Waals surface area contributed by atoms with E-state index < -0.39 is 10.9 Å². The van der Waals surface area contributed by atoms with Crippen molar-refractivity contribution >= 4 is 11.7 Å². The first-order valence-corrected chi connectivity index (χ1v) is 7.30. The lowest BCUT2D eigenvalue weighted by Crippen LogP contribution is -2.10. The Morgan fingerprint density at radius 2 is 1.68 bits per heavy atom. The lowest BCUT2D eigenvalue weighted by molar-refractivity contribution is -0.385. The third kappa shape index (κ3) is 4.61. The molecule has 1 aromatic carbocycles. The lowest BCUT2D eigenvalue weighted by Gasteiger charge is -2.13. The number of benzene rings is 1. The van der Waals surface area contributed by atoms with Crippen molar-refractivity contribution in [3.8, 4) is 11.5 Å². The second kappa shape index (κ2) is 8.86. The number of rotatable bonds is 9. The van der Waals surface area contributed by atoms with Crippen molar-refractivity contribution in [2.75, 3.05) is 19.8 Å². The van der Waals surface area contributed by atoms with Gasteiger partial charge in [0.1, 0.15) is 11.3 Å². The van der Waals surface area contributed by atoms with E-state index in [-0.39, 0.29) is 29.4 Å². The Morgan fingerprint density at radius 3 is 2.18 bits per heavy atom. The first-order chi connectivity index (χ1) is 10.5. The van der Waals surface area contributed by atoms with Gasteiger partial charge in [-0.2, -0.15) is 0 Å². The summed E-state index contributed by atoms with van der Waals surface area (Å²) >= 11 is 0. The van der Waals surface area contributed by atoms with E-state index >= 15 is 0 Å². The molecule has 0 heterocycles. The molecular formula is C15H21NO6. The number of nitro groups is 1. The van der Waals surface area contributed by atoms with Crippen LogP contribution in [0.25, 0.3) is 0 Å². The normalized spacial score (nSPS) is 10.1. The van der Waals surface area contributed by atoms with E-state index in [4.69, 9.17) is 14.2 Å². The van der Waals surface area contributed by atoms with Gasteiger partial charge in [-0.05, 0) is 19.8 Å². The highest BCUT2D eigenvalue weighted by Crippen LogP contribution is 2.35. The summed E-state index contributed by atoms with van der Waals surface area (Å²) in [5, 5.41) is 11.2. The van der Waals surface area contributed by atoms with Crippen LogP contribution in [0.5, 0.6) is 11.5 Å². The van der Waals surface area contributed by atoms with Gasteiger partial charge in [0.25, 0.3) is 0 Å². The molecular weight excluding hydrogens is 290 g/mol. The predicted molar refractivity (Wildman–Crippen MR) is 80.6 cm³/mol. The highest BCUT2D eigenvalue weighted by atomic mass is 16.6. The van der Waals surface area contributed by atoms with Gasteiger partial charge in [0.15, 0.2) is 0 Å². The molecule has 0 unspecified atom stereocenters. The Balaban J connectivity index is 3.29. The molecule has 0 aliphatic heterocycles. The average molecular weight is 311 g/mol. The highest BCUT2D eigenvalue weighted by molar-refractivity contribution is 5.94. The van der Waals surface area contributed by atoms with Gasteiger partial charge in [-0.3, -0.25) is 10.1 Å². The highest BCUT2D eigenvalue weighted by Gasteiger charge is 2.24. The third-order valence-corrected chi connectivity index (χ3v) is 2.68. The summed E-state index contributed by atoms with van der Waals surface area (Å²) in [6, 6.07) is 2.53. The van der Waals surface area contributed by atoms with Crippen LogP contribution in [-0.4, -0.2) is 30.7 Å². The van der Waals surface area contributed by atoms with Crippen LogP contribution < -0.4 is 9.47 Å². The monoisotopic (exact) mass is 311 g/mol. The Morgan fingerprint density at radius 1 is 1.09 bits per heavy atom. The Bertz CT molecular complexity index is 529. The molecule has 0 amide bonds. The first-order valence-electron chi connectivity index (χ1n) is 7.30. The molecule has 1 rings (SSSR count). The number of carbonyl (C=O) groups excluding carboxylic acids is 1. The zero-order valence-corrected chi connectivity index (χ0v) is 13.1. The second-order valence-electron chi connectivity index (χ2n) is 4.49. The van der Waals surface area contributed by atoms with Crippen molar-refractivity contribution in [3.05, 3.63) is 27.8 Å². The Labute approximate surface area is 129 Å². The third-order valence-electron chi connectivity index (χ3n) is 2.68. The molecule has 0 bridgehead atoms. The second-order valence-corrected chi connectivity index (χ2v) is 4.49. The standard InChI is InChI=1S/C15H21NO6/c1-4-7-21-13-10-14(22-8-5-2)12(16(18)19)9-11(13)15(17)20-6-3/h9-10H,4-8H2,1-3H3. The summed E-state index contributed by atoms with van der Waals surface area (Å²) in [5.74, 6) is -0.332. The molecule has 0 fully saturated rings. The van der Waals surface area contributed by atoms with Gasteiger partial charge in [-0.15, -0.1) is 0 Å². The van der Waals surface area contributed by atoms with Crippen molar-refractivity contribution in [2.45, 2.75) is 33.6 Å². The fourth-order valence-electron chi connectivity index (χ4n) is 1.72. The summed E-state index contributed by atoms with van der Waals surface area (Å²) < 4.78 is 15.8. The van der Waals surface area contributed by atoms with Crippen LogP contribution >= 0.6 is 0 Å². The minimum Gasteiger partial charge on any atom is -0.493 e. The van der Waals surface area contributed by atoms with Crippen LogP contribution in [0.15, 0.2) is 12.1 Å². The SMILES string of the molecule is CCCOc1cc(OCCC)c([N+](=O)[O-])cc1C(=O)OCC. The van der Waals surface area contributed by atoms with Crippen LogP contribution in [0.4, 0.5) is 5.69 Å². The first kappa shape index (κ1) is 17.7. The average Bonchev–Trinajstić information content (AvgIpc) is 2.50. The number of esters is 1. The summed E-state index contributed by atoms with van der Waals surface area (Å²) in [7, 11) is 0. The van der Waals surface area contributed by atoms with Crippen LogP contribution in [0.3, 0.4) is 0 Å². The van der Waals surface area contributed by atoms with Gasteiger partial charge >= 0.3 is 11.7 Å². The van der Waals surface area contributed by atoms with Crippen molar-refractivity contribution < 1.29 is 23.9 Å². The van der Waals surface area contributed by atoms with E-state index in [9.17, 15) is 14.9 Å². The maximum absolute atomic E-state index is 12.0. The Hall–Kier alpha value is -2.31. The molecule has 0 spiro atoms. The van der Waals surface area contributed by atoms with E-state index in [0.717, 1.165) is 12.5 Å². The van der Waals surface area contributed by atoms with Gasteiger partial charge in [0, 0.05) is 12.1 Å². The molecule has 0 aliphatic carbocycles. The van der Waals surface area contributed by atoms with Crippen LogP contribution in [0.1, 0.15) is 44.0 Å². The van der Waals surface area contributed by atoms with Gasteiger partial charge in [0.05, 0.1) is 24.7 Å². The van der Waals surface area contributed by atoms with Crippen molar-refractivity contribution in [1.29, 1.82) is 0 Å². The zero-order chi connectivity index (χ0) is 16.5. The molecule has 0 aromatic heterocycles. The molecule has 0 aliphatic rings. The van der Waals surface area contributed by atoms with E-state index in [1.54, 1.807) is 6.92 Å². The summed E-state index contributed by atoms with van der Waals surface area (Å²) in [4.78, 5) is 22.6. The molecule has 0 saturated heterocycles. The summed E-state index contributed by atoms with van der Waals surface area (Å²) in [6.45, 7) is 6.38. The number of carbonyl (C=O) groups is 1. The predicted octanol–water partition coefficient (Wildman–Crippen LogP) is 3.35. The van der Waals surface area contributed by atoms with Crippen LogP contribution in [-0.2, 0) is 4.74 Å². The molecule has 0 N–H and O–H groups in total. The number of nitrogens with zero attached hydrogens (tertiary/aromatic N) is 1. The van der Waals surface area contributed by atoms with Crippen molar-refractivity contribution in [2.24, 2.45) is 0 Å². The molecule has 0 atom stereocenters. The maximum Gasteiger partial charge on any atom is 0.342 e. The summed E-state index contributed by atoms with van der Waals surface area (Å²) in [6.07, 6.45) is 1.45. The minimum atomic E-state index is -0.654. The fraction of sp³-hybridized carbons (Fsp3) is 0.533. The molecule has 0 radical (unpaired) electrons. The fourth-order valence-corrected chi connectivity index (χ4v) is 1.72. The summed E-state index contributed by atoms with van der Waals surface area (Å²) in [5.41, 5.74) is -0.244. The van der Waals surface area contributed by atoms with Gasteiger partial charge < -0.3 is 14.2 Å². The quantitative estimate of drug-likeness (QED) is 0.395. The molecule has 7 nitrogen and oxygen atoms in total.